The van der Waals surface area contributed by atoms with Gasteiger partial charge in [-0.3, -0.25) is 4.40 Å². The van der Waals surface area contributed by atoms with Crippen LogP contribution in [0.5, 0.6) is 0 Å². The van der Waals surface area contributed by atoms with Gasteiger partial charge in [-0.25, -0.2) is 4.98 Å². The Hall–Kier alpha value is -2.12. The zero-order valence-electron chi connectivity index (χ0n) is 9.34. The van der Waals surface area contributed by atoms with Crippen molar-refractivity contribution in [1.29, 1.82) is 5.26 Å². The van der Waals surface area contributed by atoms with Crippen LogP contribution in [0, 0.1) is 11.3 Å². The van der Waals surface area contributed by atoms with Gasteiger partial charge in [0.25, 0.3) is 0 Å². The summed E-state index contributed by atoms with van der Waals surface area (Å²) in [7, 11) is 0. The Bertz CT molecular complexity index is 754. The summed E-state index contributed by atoms with van der Waals surface area (Å²) in [6.45, 7) is 0. The molecule has 3 nitrogen and oxygen atoms in total. The van der Waals surface area contributed by atoms with Crippen LogP contribution in [0.2, 0.25) is 0 Å². The molecular weight excluding hydrogens is 290 g/mol. The summed E-state index contributed by atoms with van der Waals surface area (Å²) in [5.74, 6) is 0.773. The molecular formula is C14H8BrN3. The molecule has 3 rings (SSSR count). The highest BCUT2D eigenvalue weighted by atomic mass is 79.9. The predicted molar refractivity (Wildman–Crippen MR) is 73.0 cm³/mol. The number of nitrogens with zero attached hydrogens (tertiary/aromatic N) is 3. The molecule has 0 saturated heterocycles. The third-order valence-corrected chi connectivity index (χ3v) is 3.37. The number of imidazole rings is 1. The standard InChI is InChI=1S/C14H8BrN3/c15-13-8-4-7-12-11(9-16)17-14(18(12)13)10-5-2-1-3-6-10/h1-8H. The topological polar surface area (TPSA) is 41.1 Å². The van der Waals surface area contributed by atoms with Crippen molar-refractivity contribution in [2.75, 3.05) is 0 Å². The van der Waals surface area contributed by atoms with Gasteiger partial charge >= 0.3 is 0 Å². The minimum Gasteiger partial charge on any atom is -0.285 e. The lowest BCUT2D eigenvalue weighted by Gasteiger charge is -2.03. The maximum Gasteiger partial charge on any atom is 0.166 e. The number of hydrogen-bond acceptors (Lipinski definition) is 2. The van der Waals surface area contributed by atoms with Gasteiger partial charge in [-0.05, 0) is 28.1 Å². The maximum absolute atomic E-state index is 9.15. The molecule has 86 valence electrons. The molecule has 0 fully saturated rings. The zero-order valence-corrected chi connectivity index (χ0v) is 10.9. The lowest BCUT2D eigenvalue weighted by atomic mass is 10.2. The van der Waals surface area contributed by atoms with Crippen molar-refractivity contribution >= 4 is 21.4 Å². The van der Waals surface area contributed by atoms with Crippen LogP contribution < -0.4 is 0 Å². The highest BCUT2D eigenvalue weighted by Crippen LogP contribution is 2.26. The molecule has 3 aromatic rings. The van der Waals surface area contributed by atoms with Crippen LogP contribution in [0.3, 0.4) is 0 Å². The largest absolute Gasteiger partial charge is 0.285 e. The molecule has 18 heavy (non-hydrogen) atoms. The molecule has 2 aromatic heterocycles. The fourth-order valence-electron chi connectivity index (χ4n) is 1.96. The lowest BCUT2D eigenvalue weighted by Crippen LogP contribution is -1.90. The van der Waals surface area contributed by atoms with Crippen LogP contribution in [-0.2, 0) is 0 Å². The zero-order chi connectivity index (χ0) is 12.5. The Balaban J connectivity index is 2.41. The Kier molecular flexibility index (Phi) is 2.62. The van der Waals surface area contributed by atoms with Crippen LogP contribution in [0.15, 0.2) is 53.1 Å². The lowest BCUT2D eigenvalue weighted by molar-refractivity contribution is 1.13. The summed E-state index contributed by atoms with van der Waals surface area (Å²) in [6, 6.07) is 17.7. The molecule has 0 radical (unpaired) electrons. The van der Waals surface area contributed by atoms with Crippen molar-refractivity contribution in [1.82, 2.24) is 9.38 Å². The molecule has 0 spiro atoms. The molecule has 0 aliphatic heterocycles. The van der Waals surface area contributed by atoms with Gasteiger partial charge in [0.2, 0.25) is 0 Å². The summed E-state index contributed by atoms with van der Waals surface area (Å²) >= 11 is 3.50. The van der Waals surface area contributed by atoms with Crippen LogP contribution in [-0.4, -0.2) is 9.38 Å². The Morgan fingerprint density at radius 2 is 1.83 bits per heavy atom. The summed E-state index contributed by atoms with van der Waals surface area (Å²) in [5.41, 5.74) is 2.24. The average Bonchev–Trinajstić information content (AvgIpc) is 2.80. The second kappa shape index (κ2) is 4.28. The number of rotatable bonds is 1. The van der Waals surface area contributed by atoms with E-state index < -0.39 is 0 Å². The minimum absolute atomic E-state index is 0.440. The Morgan fingerprint density at radius 1 is 1.06 bits per heavy atom. The van der Waals surface area contributed by atoms with E-state index in [1.165, 1.54) is 0 Å². The van der Waals surface area contributed by atoms with Gasteiger partial charge in [0.15, 0.2) is 5.69 Å². The van der Waals surface area contributed by atoms with Crippen LogP contribution in [0.25, 0.3) is 16.9 Å². The normalized spacial score (nSPS) is 10.4. The summed E-state index contributed by atoms with van der Waals surface area (Å²) in [5, 5.41) is 9.15. The van der Waals surface area contributed by atoms with Gasteiger partial charge in [-0.15, -0.1) is 0 Å². The van der Waals surface area contributed by atoms with Crippen molar-refractivity contribution in [2.45, 2.75) is 0 Å². The molecule has 4 heteroatoms. The quantitative estimate of drug-likeness (QED) is 0.644. The molecule has 0 aliphatic carbocycles. The maximum atomic E-state index is 9.15. The third kappa shape index (κ3) is 1.60. The van der Waals surface area contributed by atoms with Crippen LogP contribution >= 0.6 is 15.9 Å². The van der Waals surface area contributed by atoms with Gasteiger partial charge < -0.3 is 0 Å². The smallest absolute Gasteiger partial charge is 0.166 e. The van der Waals surface area contributed by atoms with E-state index in [4.69, 9.17) is 5.26 Å². The Labute approximate surface area is 112 Å². The first kappa shape index (κ1) is 11.0. The summed E-state index contributed by atoms with van der Waals surface area (Å²) in [4.78, 5) is 4.41. The Morgan fingerprint density at radius 3 is 2.56 bits per heavy atom. The van der Waals surface area contributed by atoms with E-state index in [2.05, 4.69) is 27.0 Å². The van der Waals surface area contributed by atoms with Gasteiger partial charge in [0, 0.05) is 5.56 Å². The number of aromatic nitrogens is 2. The van der Waals surface area contributed by atoms with E-state index in [9.17, 15) is 0 Å². The van der Waals surface area contributed by atoms with Crippen LogP contribution in [0.1, 0.15) is 5.69 Å². The van der Waals surface area contributed by atoms with E-state index in [0.29, 0.717) is 5.69 Å². The van der Waals surface area contributed by atoms with E-state index in [1.807, 2.05) is 52.9 Å². The fraction of sp³-hybridized carbons (Fsp3) is 0. The minimum atomic E-state index is 0.440. The van der Waals surface area contributed by atoms with Crippen molar-refractivity contribution in [3.05, 3.63) is 58.8 Å². The first-order valence-electron chi connectivity index (χ1n) is 5.44. The van der Waals surface area contributed by atoms with Gasteiger partial charge in [-0.1, -0.05) is 36.4 Å². The second-order valence-corrected chi connectivity index (χ2v) is 4.64. The monoisotopic (exact) mass is 297 g/mol. The first-order chi connectivity index (χ1) is 8.81. The SMILES string of the molecule is N#Cc1nc(-c2ccccc2)n2c(Br)cccc12. The van der Waals surface area contributed by atoms with Crippen molar-refractivity contribution in [2.24, 2.45) is 0 Å². The second-order valence-electron chi connectivity index (χ2n) is 3.83. The van der Waals surface area contributed by atoms with E-state index >= 15 is 0 Å². The molecule has 0 saturated carbocycles. The number of fused-ring (bicyclic) bond motifs is 1. The first-order valence-corrected chi connectivity index (χ1v) is 6.23. The van der Waals surface area contributed by atoms with E-state index in [0.717, 1.165) is 21.5 Å². The van der Waals surface area contributed by atoms with Crippen molar-refractivity contribution in [3.8, 4) is 17.5 Å². The number of pyridine rings is 1. The van der Waals surface area contributed by atoms with Gasteiger partial charge in [0.1, 0.15) is 11.9 Å². The highest BCUT2D eigenvalue weighted by molar-refractivity contribution is 9.10. The molecule has 0 aliphatic rings. The summed E-state index contributed by atoms with van der Waals surface area (Å²) in [6.07, 6.45) is 0. The summed E-state index contributed by atoms with van der Waals surface area (Å²) < 4.78 is 2.82. The highest BCUT2D eigenvalue weighted by Gasteiger charge is 2.13. The van der Waals surface area contributed by atoms with Gasteiger partial charge in [-0.2, -0.15) is 5.26 Å². The number of nitriles is 1. The number of hydrogen-bond donors (Lipinski definition) is 0. The van der Waals surface area contributed by atoms with Crippen LogP contribution in [0.4, 0.5) is 0 Å². The van der Waals surface area contributed by atoms with E-state index in [-0.39, 0.29) is 0 Å². The van der Waals surface area contributed by atoms with Gasteiger partial charge in [0.05, 0.1) is 10.1 Å². The van der Waals surface area contributed by atoms with Crippen molar-refractivity contribution in [3.63, 3.8) is 0 Å². The molecule has 0 atom stereocenters. The van der Waals surface area contributed by atoms with E-state index in [1.54, 1.807) is 0 Å². The molecule has 0 bridgehead atoms. The number of benzene rings is 1. The predicted octanol–water partition coefficient (Wildman–Crippen LogP) is 3.64. The van der Waals surface area contributed by atoms with Crippen molar-refractivity contribution < 1.29 is 0 Å². The molecule has 0 unspecified atom stereocenters. The molecule has 1 aromatic carbocycles. The number of halogens is 1. The molecule has 2 heterocycles. The average molecular weight is 298 g/mol. The fourth-order valence-corrected chi connectivity index (χ4v) is 2.47. The molecule has 0 amide bonds. The third-order valence-electron chi connectivity index (χ3n) is 2.75. The molecule has 0 N–H and O–H groups in total.